The number of halogens is 1. The number of amides is 1. The Labute approximate surface area is 158 Å². The van der Waals surface area contributed by atoms with Crippen LogP contribution in [0.2, 0.25) is 5.02 Å². The van der Waals surface area contributed by atoms with Gasteiger partial charge in [-0.2, -0.15) is 0 Å². The van der Waals surface area contributed by atoms with Crippen LogP contribution in [0.1, 0.15) is 21.5 Å². The van der Waals surface area contributed by atoms with Gasteiger partial charge in [0.25, 0.3) is 5.91 Å². The Morgan fingerprint density at radius 1 is 1.12 bits per heavy atom. The first kappa shape index (κ1) is 20.1. The predicted molar refractivity (Wildman–Crippen MR) is 104 cm³/mol. The van der Waals surface area contributed by atoms with Gasteiger partial charge in [-0.3, -0.25) is 9.52 Å². The molecule has 0 unspecified atom stereocenters. The Morgan fingerprint density at radius 2 is 1.85 bits per heavy atom. The van der Waals surface area contributed by atoms with E-state index in [4.69, 9.17) is 16.3 Å². The lowest BCUT2D eigenvalue weighted by molar-refractivity contribution is 0.0947. The van der Waals surface area contributed by atoms with E-state index in [9.17, 15) is 13.2 Å². The van der Waals surface area contributed by atoms with Crippen molar-refractivity contribution in [3.8, 4) is 5.75 Å². The number of sulfonamides is 1. The minimum absolute atomic E-state index is 0.148. The lowest BCUT2D eigenvalue weighted by Crippen LogP contribution is -2.28. The quantitative estimate of drug-likeness (QED) is 0.704. The van der Waals surface area contributed by atoms with Crippen molar-refractivity contribution in [1.29, 1.82) is 0 Å². The summed E-state index contributed by atoms with van der Waals surface area (Å²) in [6, 6.07) is 10.2. The van der Waals surface area contributed by atoms with Crippen LogP contribution >= 0.6 is 11.6 Å². The highest BCUT2D eigenvalue weighted by molar-refractivity contribution is 7.92. The Hall–Kier alpha value is -2.25. The SMILES string of the molecule is Cc1ccc(OCCNC(=O)c2ccc(NS(C)(=O)=O)c(Cl)c2)cc1C. The highest BCUT2D eigenvalue weighted by Gasteiger charge is 2.11. The molecule has 2 aromatic rings. The molecule has 6 nitrogen and oxygen atoms in total. The van der Waals surface area contributed by atoms with Gasteiger partial charge in [0.15, 0.2) is 0 Å². The van der Waals surface area contributed by atoms with Gasteiger partial charge in [-0.1, -0.05) is 17.7 Å². The maximum absolute atomic E-state index is 12.1. The number of carbonyl (C=O) groups excluding carboxylic acids is 1. The van der Waals surface area contributed by atoms with E-state index in [2.05, 4.69) is 10.0 Å². The second-order valence-corrected chi connectivity index (χ2v) is 8.07. The fraction of sp³-hybridized carbons (Fsp3) is 0.278. The molecule has 2 N–H and O–H groups in total. The molecule has 0 saturated carbocycles. The third-order valence-electron chi connectivity index (χ3n) is 3.66. The van der Waals surface area contributed by atoms with Gasteiger partial charge in [0.05, 0.1) is 23.5 Å². The molecule has 2 aromatic carbocycles. The summed E-state index contributed by atoms with van der Waals surface area (Å²) in [4.78, 5) is 12.1. The Morgan fingerprint density at radius 3 is 2.46 bits per heavy atom. The van der Waals surface area contributed by atoms with Crippen LogP contribution in [-0.4, -0.2) is 33.7 Å². The van der Waals surface area contributed by atoms with E-state index in [1.807, 2.05) is 32.0 Å². The van der Waals surface area contributed by atoms with Crippen molar-refractivity contribution in [2.45, 2.75) is 13.8 Å². The number of benzene rings is 2. The fourth-order valence-corrected chi connectivity index (χ4v) is 3.04. The Kier molecular flexibility index (Phi) is 6.50. The lowest BCUT2D eigenvalue weighted by atomic mass is 10.1. The first-order chi connectivity index (χ1) is 12.2. The largest absolute Gasteiger partial charge is 0.492 e. The minimum atomic E-state index is -3.43. The topological polar surface area (TPSA) is 84.5 Å². The summed E-state index contributed by atoms with van der Waals surface area (Å²) in [5.41, 5.74) is 2.89. The molecule has 2 rings (SSSR count). The molecule has 0 aliphatic heterocycles. The third kappa shape index (κ3) is 5.93. The van der Waals surface area contributed by atoms with Gasteiger partial charge in [-0.25, -0.2) is 8.42 Å². The van der Waals surface area contributed by atoms with Crippen LogP contribution in [0, 0.1) is 13.8 Å². The zero-order chi connectivity index (χ0) is 19.3. The van der Waals surface area contributed by atoms with Gasteiger partial charge in [0, 0.05) is 5.56 Å². The molecule has 0 aliphatic rings. The van der Waals surface area contributed by atoms with Crippen molar-refractivity contribution in [3.05, 3.63) is 58.1 Å². The monoisotopic (exact) mass is 396 g/mol. The molecule has 1 amide bonds. The average Bonchev–Trinajstić information content (AvgIpc) is 2.55. The van der Waals surface area contributed by atoms with E-state index in [0.29, 0.717) is 18.7 Å². The standard InChI is InChI=1S/C18H21ClN2O4S/c1-12-4-6-15(10-13(12)2)25-9-8-20-18(22)14-5-7-17(16(19)11-14)21-26(3,23)24/h4-7,10-11,21H,8-9H2,1-3H3,(H,20,22). The molecule has 0 radical (unpaired) electrons. The van der Waals surface area contributed by atoms with Crippen molar-refractivity contribution in [2.75, 3.05) is 24.1 Å². The first-order valence-corrected chi connectivity index (χ1v) is 10.2. The Balaban J connectivity index is 1.87. The van der Waals surface area contributed by atoms with E-state index < -0.39 is 10.0 Å². The van der Waals surface area contributed by atoms with Crippen molar-refractivity contribution in [2.24, 2.45) is 0 Å². The van der Waals surface area contributed by atoms with Crippen LogP contribution in [0.3, 0.4) is 0 Å². The number of rotatable bonds is 7. The number of nitrogens with one attached hydrogen (secondary N) is 2. The molecule has 26 heavy (non-hydrogen) atoms. The molecule has 8 heteroatoms. The summed E-state index contributed by atoms with van der Waals surface area (Å²) in [7, 11) is -3.43. The van der Waals surface area contributed by atoms with Gasteiger partial charge in [-0.15, -0.1) is 0 Å². The molecular weight excluding hydrogens is 376 g/mol. The second kappa shape index (κ2) is 8.42. The normalized spacial score (nSPS) is 11.1. The minimum Gasteiger partial charge on any atom is -0.492 e. The van der Waals surface area contributed by atoms with Crippen molar-refractivity contribution >= 4 is 33.2 Å². The molecule has 0 aliphatic carbocycles. The summed E-state index contributed by atoms with van der Waals surface area (Å²) in [6.07, 6.45) is 1.03. The van der Waals surface area contributed by atoms with Crippen molar-refractivity contribution < 1.29 is 17.9 Å². The van der Waals surface area contributed by atoms with Crippen LogP contribution in [0.5, 0.6) is 5.75 Å². The summed E-state index contributed by atoms with van der Waals surface area (Å²) in [5, 5.41) is 2.88. The van der Waals surface area contributed by atoms with Crippen LogP contribution in [-0.2, 0) is 10.0 Å². The molecule has 140 valence electrons. The van der Waals surface area contributed by atoms with E-state index in [-0.39, 0.29) is 16.6 Å². The molecule has 0 bridgehead atoms. The van der Waals surface area contributed by atoms with E-state index in [1.54, 1.807) is 0 Å². The number of anilines is 1. The number of hydrogen-bond acceptors (Lipinski definition) is 4. The number of hydrogen-bond donors (Lipinski definition) is 2. The predicted octanol–water partition coefficient (Wildman–Crippen LogP) is 3.14. The highest BCUT2D eigenvalue weighted by atomic mass is 35.5. The molecule has 0 saturated heterocycles. The molecule has 0 atom stereocenters. The van der Waals surface area contributed by atoms with Crippen LogP contribution in [0.4, 0.5) is 5.69 Å². The zero-order valence-electron chi connectivity index (χ0n) is 14.8. The van der Waals surface area contributed by atoms with Gasteiger partial charge < -0.3 is 10.1 Å². The molecule has 0 spiro atoms. The number of aryl methyl sites for hydroxylation is 2. The van der Waals surface area contributed by atoms with E-state index in [0.717, 1.165) is 17.6 Å². The summed E-state index contributed by atoms with van der Waals surface area (Å²) in [5.74, 6) is 0.433. The third-order valence-corrected chi connectivity index (χ3v) is 4.56. The number of carbonyl (C=O) groups is 1. The maximum atomic E-state index is 12.1. The highest BCUT2D eigenvalue weighted by Crippen LogP contribution is 2.23. The summed E-state index contributed by atoms with van der Waals surface area (Å²) in [6.45, 7) is 4.69. The summed E-state index contributed by atoms with van der Waals surface area (Å²) >= 11 is 6.02. The fourth-order valence-electron chi connectivity index (χ4n) is 2.18. The molecular formula is C18H21ClN2O4S. The lowest BCUT2D eigenvalue weighted by Gasteiger charge is -2.10. The van der Waals surface area contributed by atoms with Crippen LogP contribution in [0.15, 0.2) is 36.4 Å². The second-order valence-electron chi connectivity index (χ2n) is 5.92. The molecule has 0 fully saturated rings. The zero-order valence-corrected chi connectivity index (χ0v) is 16.4. The Bertz CT molecular complexity index is 913. The van der Waals surface area contributed by atoms with Gasteiger partial charge in [0.2, 0.25) is 10.0 Å². The van der Waals surface area contributed by atoms with Crippen molar-refractivity contribution in [1.82, 2.24) is 5.32 Å². The molecule has 0 heterocycles. The number of ether oxygens (including phenoxy) is 1. The van der Waals surface area contributed by atoms with Gasteiger partial charge in [-0.05, 0) is 55.3 Å². The van der Waals surface area contributed by atoms with Gasteiger partial charge >= 0.3 is 0 Å². The molecule has 0 aromatic heterocycles. The van der Waals surface area contributed by atoms with E-state index in [1.165, 1.54) is 23.8 Å². The smallest absolute Gasteiger partial charge is 0.251 e. The van der Waals surface area contributed by atoms with Crippen molar-refractivity contribution in [3.63, 3.8) is 0 Å². The van der Waals surface area contributed by atoms with Crippen LogP contribution < -0.4 is 14.8 Å². The van der Waals surface area contributed by atoms with E-state index >= 15 is 0 Å². The van der Waals surface area contributed by atoms with Gasteiger partial charge in [0.1, 0.15) is 12.4 Å². The first-order valence-electron chi connectivity index (χ1n) is 7.91. The average molecular weight is 397 g/mol. The van der Waals surface area contributed by atoms with Crippen LogP contribution in [0.25, 0.3) is 0 Å². The summed E-state index contributed by atoms with van der Waals surface area (Å²) < 4.78 is 30.4. The maximum Gasteiger partial charge on any atom is 0.251 e.